The number of thiophene rings is 1. The first-order valence-corrected chi connectivity index (χ1v) is 6.53. The highest BCUT2D eigenvalue weighted by molar-refractivity contribution is 7.10. The molecule has 0 aliphatic heterocycles. The van der Waals surface area contributed by atoms with Crippen LogP contribution in [-0.4, -0.2) is 5.91 Å². The number of amides is 1. The number of hydrogen-bond donors (Lipinski definition) is 1. The van der Waals surface area contributed by atoms with Crippen molar-refractivity contribution < 1.29 is 18.0 Å². The van der Waals surface area contributed by atoms with Crippen molar-refractivity contribution in [2.75, 3.05) is 5.32 Å². The van der Waals surface area contributed by atoms with Crippen molar-refractivity contribution in [3.63, 3.8) is 0 Å². The predicted octanol–water partition coefficient (Wildman–Crippen LogP) is 4.42. The van der Waals surface area contributed by atoms with E-state index in [1.165, 1.54) is 35.6 Å². The summed E-state index contributed by atoms with van der Waals surface area (Å²) in [4.78, 5) is 12.5. The van der Waals surface area contributed by atoms with Gasteiger partial charge >= 0.3 is 6.18 Å². The number of nitrogens with one attached hydrogen (secondary N) is 1. The van der Waals surface area contributed by atoms with Crippen LogP contribution in [0.15, 0.2) is 47.9 Å². The molecule has 0 bridgehead atoms. The quantitative estimate of drug-likeness (QED) is 0.835. The lowest BCUT2D eigenvalue weighted by molar-refractivity contribution is -0.136. The topological polar surface area (TPSA) is 29.1 Å². The average molecular weight is 297 g/mol. The summed E-state index contributed by atoms with van der Waals surface area (Å²) in [5.74, 6) is -0.602. The van der Waals surface area contributed by atoms with Gasteiger partial charge in [0.15, 0.2) is 0 Å². The number of halogens is 3. The molecule has 0 saturated heterocycles. The third-order valence-electron chi connectivity index (χ3n) is 2.43. The van der Waals surface area contributed by atoms with E-state index in [1.54, 1.807) is 12.1 Å². The van der Waals surface area contributed by atoms with Crippen molar-refractivity contribution in [1.29, 1.82) is 0 Å². The molecule has 1 heterocycles. The Morgan fingerprint density at radius 2 is 1.90 bits per heavy atom. The minimum absolute atomic E-state index is 0.249. The molecule has 0 aliphatic carbocycles. The van der Waals surface area contributed by atoms with E-state index < -0.39 is 17.6 Å². The average Bonchev–Trinajstić information content (AvgIpc) is 2.89. The SMILES string of the molecule is O=C(C=Cc1cccs1)Nc1ccccc1C(F)(F)F. The van der Waals surface area contributed by atoms with Gasteiger partial charge in [0.1, 0.15) is 0 Å². The van der Waals surface area contributed by atoms with E-state index in [2.05, 4.69) is 5.32 Å². The highest BCUT2D eigenvalue weighted by atomic mass is 32.1. The van der Waals surface area contributed by atoms with E-state index in [0.29, 0.717) is 0 Å². The van der Waals surface area contributed by atoms with E-state index in [9.17, 15) is 18.0 Å². The maximum Gasteiger partial charge on any atom is 0.418 e. The molecule has 1 amide bonds. The van der Waals surface area contributed by atoms with Crippen LogP contribution in [0.2, 0.25) is 0 Å². The summed E-state index contributed by atoms with van der Waals surface area (Å²) in [6.07, 6.45) is -1.74. The largest absolute Gasteiger partial charge is 0.418 e. The van der Waals surface area contributed by atoms with Gasteiger partial charge in [-0.2, -0.15) is 13.2 Å². The zero-order valence-corrected chi connectivity index (χ0v) is 11.0. The fraction of sp³-hybridized carbons (Fsp3) is 0.0714. The Labute approximate surface area is 117 Å². The number of benzene rings is 1. The van der Waals surface area contributed by atoms with Crippen LogP contribution in [0.5, 0.6) is 0 Å². The lowest BCUT2D eigenvalue weighted by atomic mass is 10.1. The molecule has 2 nitrogen and oxygen atoms in total. The molecule has 6 heteroatoms. The van der Waals surface area contributed by atoms with Gasteiger partial charge in [0.25, 0.3) is 0 Å². The second kappa shape index (κ2) is 5.92. The Bertz CT molecular complexity index is 618. The van der Waals surface area contributed by atoms with Crippen LogP contribution in [0.25, 0.3) is 6.08 Å². The van der Waals surface area contributed by atoms with Crippen LogP contribution in [0.4, 0.5) is 18.9 Å². The minimum atomic E-state index is -4.50. The van der Waals surface area contributed by atoms with Crippen molar-refractivity contribution in [3.05, 3.63) is 58.3 Å². The van der Waals surface area contributed by atoms with Crippen LogP contribution < -0.4 is 5.32 Å². The summed E-state index contributed by atoms with van der Waals surface area (Å²) >= 11 is 1.43. The first kappa shape index (κ1) is 14.3. The van der Waals surface area contributed by atoms with E-state index >= 15 is 0 Å². The molecule has 0 spiro atoms. The fourth-order valence-corrected chi connectivity index (χ4v) is 2.18. The molecule has 0 unspecified atom stereocenters. The standard InChI is InChI=1S/C14H10F3NOS/c15-14(16,17)11-5-1-2-6-12(11)18-13(19)8-7-10-4-3-9-20-10/h1-9H,(H,18,19). The Hall–Kier alpha value is -2.08. The minimum Gasteiger partial charge on any atom is -0.322 e. The van der Waals surface area contributed by atoms with Crippen LogP contribution >= 0.6 is 11.3 Å². The molecule has 0 saturated carbocycles. The van der Waals surface area contributed by atoms with Gasteiger partial charge in [0.2, 0.25) is 5.91 Å². The van der Waals surface area contributed by atoms with E-state index in [-0.39, 0.29) is 5.69 Å². The molecule has 1 aromatic carbocycles. The summed E-state index contributed by atoms with van der Waals surface area (Å²) < 4.78 is 38.2. The normalized spacial score (nSPS) is 11.8. The number of carbonyl (C=O) groups is 1. The molecule has 20 heavy (non-hydrogen) atoms. The molecule has 104 valence electrons. The number of alkyl halides is 3. The molecule has 0 fully saturated rings. The van der Waals surface area contributed by atoms with Crippen molar-refractivity contribution in [2.45, 2.75) is 6.18 Å². The molecule has 0 radical (unpaired) electrons. The van der Waals surface area contributed by atoms with Crippen LogP contribution in [-0.2, 0) is 11.0 Å². The summed E-state index contributed by atoms with van der Waals surface area (Å²) in [5, 5.41) is 4.08. The second-order valence-electron chi connectivity index (χ2n) is 3.88. The van der Waals surface area contributed by atoms with Crippen molar-refractivity contribution in [1.82, 2.24) is 0 Å². The fourth-order valence-electron chi connectivity index (χ4n) is 1.56. The van der Waals surface area contributed by atoms with Crippen LogP contribution in [0.1, 0.15) is 10.4 Å². The molecule has 2 rings (SSSR count). The molecule has 1 N–H and O–H groups in total. The third-order valence-corrected chi connectivity index (χ3v) is 3.27. The molecular weight excluding hydrogens is 287 g/mol. The number of anilines is 1. The van der Waals surface area contributed by atoms with Crippen LogP contribution in [0.3, 0.4) is 0 Å². The summed E-state index contributed by atoms with van der Waals surface area (Å²) in [7, 11) is 0. The van der Waals surface area contributed by atoms with Gasteiger partial charge in [-0.3, -0.25) is 4.79 Å². The maximum absolute atomic E-state index is 12.7. The molecule has 1 aromatic heterocycles. The Morgan fingerprint density at radius 1 is 1.15 bits per heavy atom. The Balaban J connectivity index is 2.12. The van der Waals surface area contributed by atoms with Gasteiger partial charge < -0.3 is 5.32 Å². The van der Waals surface area contributed by atoms with E-state index in [1.807, 2.05) is 11.4 Å². The van der Waals surface area contributed by atoms with Gasteiger partial charge in [0.05, 0.1) is 11.3 Å². The van der Waals surface area contributed by atoms with Gasteiger partial charge in [0, 0.05) is 11.0 Å². The number of carbonyl (C=O) groups excluding carboxylic acids is 1. The summed E-state index contributed by atoms with van der Waals surface area (Å²) in [6.45, 7) is 0. The third kappa shape index (κ3) is 3.71. The Kier molecular flexibility index (Phi) is 4.24. The molecular formula is C14H10F3NOS. The van der Waals surface area contributed by atoms with E-state index in [0.717, 1.165) is 10.9 Å². The first-order chi connectivity index (χ1) is 9.47. The van der Waals surface area contributed by atoms with E-state index in [4.69, 9.17) is 0 Å². The highest BCUT2D eigenvalue weighted by Crippen LogP contribution is 2.34. The van der Waals surface area contributed by atoms with Crippen molar-refractivity contribution in [3.8, 4) is 0 Å². The zero-order chi connectivity index (χ0) is 14.6. The van der Waals surface area contributed by atoms with Crippen LogP contribution in [0, 0.1) is 0 Å². The molecule has 2 aromatic rings. The monoisotopic (exact) mass is 297 g/mol. The molecule has 0 atom stereocenters. The molecule has 0 aliphatic rings. The smallest absolute Gasteiger partial charge is 0.322 e. The lowest BCUT2D eigenvalue weighted by Crippen LogP contribution is -2.14. The lowest BCUT2D eigenvalue weighted by Gasteiger charge is -2.12. The maximum atomic E-state index is 12.7. The van der Waals surface area contributed by atoms with Gasteiger partial charge in [-0.15, -0.1) is 11.3 Å². The number of rotatable bonds is 3. The zero-order valence-electron chi connectivity index (χ0n) is 10.1. The number of para-hydroxylation sites is 1. The predicted molar refractivity (Wildman–Crippen MR) is 73.4 cm³/mol. The Morgan fingerprint density at radius 3 is 2.55 bits per heavy atom. The second-order valence-corrected chi connectivity index (χ2v) is 4.86. The van der Waals surface area contributed by atoms with Crippen molar-refractivity contribution in [2.24, 2.45) is 0 Å². The van der Waals surface area contributed by atoms with Gasteiger partial charge in [-0.1, -0.05) is 18.2 Å². The summed E-state index contributed by atoms with van der Waals surface area (Å²) in [5.41, 5.74) is -1.11. The summed E-state index contributed by atoms with van der Waals surface area (Å²) in [6, 6.07) is 8.49. The highest BCUT2D eigenvalue weighted by Gasteiger charge is 2.33. The number of hydrogen-bond acceptors (Lipinski definition) is 2. The van der Waals surface area contributed by atoms with Gasteiger partial charge in [-0.05, 0) is 29.7 Å². The van der Waals surface area contributed by atoms with Gasteiger partial charge in [-0.25, -0.2) is 0 Å². The first-order valence-electron chi connectivity index (χ1n) is 5.65. The van der Waals surface area contributed by atoms with Crippen molar-refractivity contribution >= 4 is 29.0 Å².